The molecule has 2 heterocycles. The molecule has 0 unspecified atom stereocenters. The van der Waals surface area contributed by atoms with E-state index < -0.39 is 5.82 Å². The number of rotatable bonds is 5. The predicted octanol–water partition coefficient (Wildman–Crippen LogP) is 2.27. The molecule has 3 rings (SSSR count). The highest BCUT2D eigenvalue weighted by Gasteiger charge is 2.23. The second-order valence-electron chi connectivity index (χ2n) is 6.05. The lowest BCUT2D eigenvalue weighted by Gasteiger charge is -2.32. The van der Waals surface area contributed by atoms with Crippen molar-refractivity contribution in [3.05, 3.63) is 47.9 Å². The molecule has 1 aromatic carbocycles. The number of likely N-dealkylation sites (tertiary alicyclic amines) is 1. The molecule has 7 heteroatoms. The normalized spacial score (nSPS) is 15.0. The lowest BCUT2D eigenvalue weighted by atomic mass is 10.0. The number of nitrogens with zero attached hydrogens (tertiary/aromatic N) is 3. The molecule has 0 atom stereocenters. The number of anilines is 1. The topological polar surface area (TPSA) is 67.3 Å². The third-order valence-corrected chi connectivity index (χ3v) is 4.34. The minimum Gasteiger partial charge on any atom is -0.494 e. The molecule has 1 aliphatic rings. The third-order valence-electron chi connectivity index (χ3n) is 4.34. The number of hydrogen-bond donors (Lipinski definition) is 1. The average Bonchev–Trinajstić information content (AvgIpc) is 2.63. The maximum absolute atomic E-state index is 13.7. The number of benzene rings is 1. The zero-order valence-corrected chi connectivity index (χ0v) is 14.1. The molecule has 0 saturated carbocycles. The number of carbonyl (C=O) groups excluding carboxylic acids is 1. The Hall–Kier alpha value is -2.70. The van der Waals surface area contributed by atoms with Crippen LogP contribution in [0, 0.1) is 5.82 Å². The summed E-state index contributed by atoms with van der Waals surface area (Å²) in [5.74, 6) is 0.510. The fourth-order valence-corrected chi connectivity index (χ4v) is 2.97. The third kappa shape index (κ3) is 4.43. The standard InChI is InChI=1S/C18H21FN4O2/c1-25-16-5-4-13(11-15(16)19)12-18(24)23-9-6-14(7-10-23)21-17-3-2-8-20-22-17/h2-5,8,11,14H,6-7,9-10,12H2,1H3,(H,21,22). The molecule has 0 bridgehead atoms. The number of ether oxygens (including phenoxy) is 1. The van der Waals surface area contributed by atoms with Crippen LogP contribution < -0.4 is 10.1 Å². The number of piperidine rings is 1. The van der Waals surface area contributed by atoms with Gasteiger partial charge in [0.05, 0.1) is 13.5 Å². The fraction of sp³-hybridized carbons (Fsp3) is 0.389. The lowest BCUT2D eigenvalue weighted by molar-refractivity contribution is -0.131. The Bertz CT molecular complexity index is 718. The second kappa shape index (κ2) is 7.92. The Morgan fingerprint density at radius 1 is 1.36 bits per heavy atom. The first-order valence-electron chi connectivity index (χ1n) is 8.30. The SMILES string of the molecule is COc1ccc(CC(=O)N2CCC(Nc3cccnn3)CC2)cc1F. The van der Waals surface area contributed by atoms with Crippen molar-refractivity contribution in [3.8, 4) is 5.75 Å². The monoisotopic (exact) mass is 344 g/mol. The molecule has 2 aromatic rings. The first-order chi connectivity index (χ1) is 12.2. The van der Waals surface area contributed by atoms with Gasteiger partial charge in [-0.05, 0) is 42.7 Å². The number of nitrogens with one attached hydrogen (secondary N) is 1. The van der Waals surface area contributed by atoms with E-state index in [2.05, 4.69) is 15.5 Å². The van der Waals surface area contributed by atoms with Crippen molar-refractivity contribution in [1.29, 1.82) is 0 Å². The smallest absolute Gasteiger partial charge is 0.226 e. The molecule has 25 heavy (non-hydrogen) atoms. The van der Waals surface area contributed by atoms with Gasteiger partial charge in [0.1, 0.15) is 5.82 Å². The first kappa shape index (κ1) is 17.1. The van der Waals surface area contributed by atoms with Crippen LogP contribution in [-0.4, -0.2) is 47.2 Å². The predicted molar refractivity (Wildman–Crippen MR) is 91.9 cm³/mol. The van der Waals surface area contributed by atoms with E-state index in [0.717, 1.165) is 18.7 Å². The second-order valence-corrected chi connectivity index (χ2v) is 6.05. The molecule has 0 spiro atoms. The number of carbonyl (C=O) groups is 1. The maximum Gasteiger partial charge on any atom is 0.226 e. The van der Waals surface area contributed by atoms with Gasteiger partial charge in [-0.25, -0.2) is 4.39 Å². The van der Waals surface area contributed by atoms with Crippen LogP contribution in [-0.2, 0) is 11.2 Å². The highest BCUT2D eigenvalue weighted by atomic mass is 19.1. The van der Waals surface area contributed by atoms with Gasteiger partial charge in [0.15, 0.2) is 11.6 Å². The molecule has 0 radical (unpaired) electrons. The number of hydrogen-bond acceptors (Lipinski definition) is 5. The summed E-state index contributed by atoms with van der Waals surface area (Å²) in [5, 5.41) is 11.2. The molecule has 1 saturated heterocycles. The summed E-state index contributed by atoms with van der Waals surface area (Å²) in [4.78, 5) is 14.3. The Labute approximate surface area is 146 Å². The van der Waals surface area contributed by atoms with Gasteiger partial charge < -0.3 is 15.0 Å². The largest absolute Gasteiger partial charge is 0.494 e. The Morgan fingerprint density at radius 3 is 2.80 bits per heavy atom. The van der Waals surface area contributed by atoms with E-state index in [-0.39, 0.29) is 24.1 Å². The fourth-order valence-electron chi connectivity index (χ4n) is 2.97. The number of methoxy groups -OCH3 is 1. The van der Waals surface area contributed by atoms with E-state index >= 15 is 0 Å². The Morgan fingerprint density at radius 2 is 2.16 bits per heavy atom. The van der Waals surface area contributed by atoms with E-state index in [1.54, 1.807) is 18.3 Å². The molecular weight excluding hydrogens is 323 g/mol. The van der Waals surface area contributed by atoms with Crippen molar-refractivity contribution in [2.24, 2.45) is 0 Å². The summed E-state index contributed by atoms with van der Waals surface area (Å²) in [6, 6.07) is 8.63. The number of halogens is 1. The summed E-state index contributed by atoms with van der Waals surface area (Å²) >= 11 is 0. The van der Waals surface area contributed by atoms with Crippen molar-refractivity contribution in [2.75, 3.05) is 25.5 Å². The molecule has 6 nitrogen and oxygen atoms in total. The van der Waals surface area contributed by atoms with E-state index in [1.165, 1.54) is 13.2 Å². The van der Waals surface area contributed by atoms with Crippen LogP contribution in [0.4, 0.5) is 10.2 Å². The van der Waals surface area contributed by atoms with Gasteiger partial charge in [-0.2, -0.15) is 5.10 Å². The zero-order chi connectivity index (χ0) is 17.6. The van der Waals surface area contributed by atoms with E-state index in [1.807, 2.05) is 17.0 Å². The van der Waals surface area contributed by atoms with Crippen LogP contribution in [0.15, 0.2) is 36.5 Å². The maximum atomic E-state index is 13.7. The molecule has 1 amide bonds. The van der Waals surface area contributed by atoms with Crippen LogP contribution in [0.2, 0.25) is 0 Å². The van der Waals surface area contributed by atoms with Gasteiger partial charge in [-0.3, -0.25) is 4.79 Å². The molecular formula is C18H21FN4O2. The zero-order valence-electron chi connectivity index (χ0n) is 14.1. The Kier molecular flexibility index (Phi) is 5.42. The van der Waals surface area contributed by atoms with E-state index in [0.29, 0.717) is 18.7 Å². The molecule has 1 aromatic heterocycles. The Balaban J connectivity index is 1.50. The van der Waals surface area contributed by atoms with Crippen molar-refractivity contribution >= 4 is 11.7 Å². The summed E-state index contributed by atoms with van der Waals surface area (Å²) < 4.78 is 18.6. The van der Waals surface area contributed by atoms with E-state index in [4.69, 9.17) is 4.74 Å². The van der Waals surface area contributed by atoms with Crippen LogP contribution >= 0.6 is 0 Å². The van der Waals surface area contributed by atoms with Crippen molar-refractivity contribution in [1.82, 2.24) is 15.1 Å². The molecule has 132 valence electrons. The molecule has 1 N–H and O–H groups in total. The van der Waals surface area contributed by atoms with Crippen LogP contribution in [0.25, 0.3) is 0 Å². The van der Waals surface area contributed by atoms with Gasteiger partial charge in [0.2, 0.25) is 5.91 Å². The lowest BCUT2D eigenvalue weighted by Crippen LogP contribution is -2.43. The molecule has 0 aliphatic carbocycles. The van der Waals surface area contributed by atoms with E-state index in [9.17, 15) is 9.18 Å². The number of amides is 1. The van der Waals surface area contributed by atoms with Gasteiger partial charge in [0.25, 0.3) is 0 Å². The molecule has 1 fully saturated rings. The van der Waals surface area contributed by atoms with Crippen molar-refractivity contribution in [2.45, 2.75) is 25.3 Å². The van der Waals surface area contributed by atoms with Gasteiger partial charge >= 0.3 is 0 Å². The molecule has 1 aliphatic heterocycles. The summed E-state index contributed by atoms with van der Waals surface area (Å²) in [6.07, 6.45) is 3.52. The van der Waals surface area contributed by atoms with Gasteiger partial charge in [-0.15, -0.1) is 5.10 Å². The quantitative estimate of drug-likeness (QED) is 0.901. The average molecular weight is 344 g/mol. The van der Waals surface area contributed by atoms with Crippen molar-refractivity contribution < 1.29 is 13.9 Å². The van der Waals surface area contributed by atoms with Gasteiger partial charge in [0, 0.05) is 25.3 Å². The minimum absolute atomic E-state index is 0.0162. The van der Waals surface area contributed by atoms with Gasteiger partial charge in [-0.1, -0.05) is 6.07 Å². The summed E-state index contributed by atoms with van der Waals surface area (Å²) in [6.45, 7) is 1.35. The van der Waals surface area contributed by atoms with Crippen molar-refractivity contribution in [3.63, 3.8) is 0 Å². The highest BCUT2D eigenvalue weighted by molar-refractivity contribution is 5.79. The number of aromatic nitrogens is 2. The van der Waals surface area contributed by atoms with Crippen LogP contribution in [0.3, 0.4) is 0 Å². The minimum atomic E-state index is -0.445. The highest BCUT2D eigenvalue weighted by Crippen LogP contribution is 2.20. The summed E-state index contributed by atoms with van der Waals surface area (Å²) in [7, 11) is 1.42. The van der Waals surface area contributed by atoms with Crippen LogP contribution in [0.1, 0.15) is 18.4 Å². The van der Waals surface area contributed by atoms with Crippen LogP contribution in [0.5, 0.6) is 5.75 Å². The first-order valence-corrected chi connectivity index (χ1v) is 8.30. The summed E-state index contributed by atoms with van der Waals surface area (Å²) in [5.41, 5.74) is 0.656.